The fourth-order valence-electron chi connectivity index (χ4n) is 2.87. The molecule has 1 aromatic carbocycles. The second-order valence-corrected chi connectivity index (χ2v) is 6.14. The first kappa shape index (κ1) is 17.3. The Labute approximate surface area is 143 Å². The van der Waals surface area contributed by atoms with E-state index in [0.717, 1.165) is 34.8 Å². The SMILES string of the molecule is Cc1noc(C)c1CC(C)Nc1ccnc2cc(C(F)(F)F)ccc12. The van der Waals surface area contributed by atoms with Crippen LogP contribution in [0.25, 0.3) is 10.9 Å². The molecule has 0 amide bonds. The van der Waals surface area contributed by atoms with Gasteiger partial charge in [-0.25, -0.2) is 0 Å². The topological polar surface area (TPSA) is 51.0 Å². The third kappa shape index (κ3) is 3.60. The van der Waals surface area contributed by atoms with Crippen molar-refractivity contribution in [2.75, 3.05) is 5.32 Å². The van der Waals surface area contributed by atoms with E-state index in [1.807, 2.05) is 20.8 Å². The van der Waals surface area contributed by atoms with E-state index in [9.17, 15) is 13.2 Å². The van der Waals surface area contributed by atoms with Crippen LogP contribution in [0.5, 0.6) is 0 Å². The number of anilines is 1. The Morgan fingerprint density at radius 2 is 1.96 bits per heavy atom. The maximum absolute atomic E-state index is 12.9. The standard InChI is InChI=1S/C18H18F3N3O/c1-10(8-15-11(2)24-25-12(15)3)23-16-6-7-22-17-9-13(18(19,20)21)4-5-14(16)17/h4-7,9-10H,8H2,1-3H3,(H,22,23). The van der Waals surface area contributed by atoms with Crippen LogP contribution in [-0.4, -0.2) is 16.2 Å². The van der Waals surface area contributed by atoms with E-state index in [1.54, 1.807) is 6.07 Å². The van der Waals surface area contributed by atoms with Crippen LogP contribution in [0.1, 0.15) is 29.5 Å². The van der Waals surface area contributed by atoms with Crippen molar-refractivity contribution in [1.82, 2.24) is 10.1 Å². The summed E-state index contributed by atoms with van der Waals surface area (Å²) in [6.45, 7) is 5.75. The van der Waals surface area contributed by atoms with Gasteiger partial charge in [0.05, 0.1) is 16.8 Å². The Balaban J connectivity index is 1.86. The van der Waals surface area contributed by atoms with Crippen LogP contribution in [0.15, 0.2) is 35.0 Å². The van der Waals surface area contributed by atoms with Crippen LogP contribution >= 0.6 is 0 Å². The zero-order valence-electron chi connectivity index (χ0n) is 14.1. The minimum atomic E-state index is -4.38. The number of hydrogen-bond acceptors (Lipinski definition) is 4. The minimum absolute atomic E-state index is 0.0460. The summed E-state index contributed by atoms with van der Waals surface area (Å²) in [6, 6.07) is 5.41. The molecule has 2 heterocycles. The second kappa shape index (κ2) is 6.38. The highest BCUT2D eigenvalue weighted by Gasteiger charge is 2.30. The summed E-state index contributed by atoms with van der Waals surface area (Å²) in [6.07, 6.45) is -2.17. The molecule has 0 aliphatic carbocycles. The third-order valence-electron chi connectivity index (χ3n) is 4.16. The van der Waals surface area contributed by atoms with Crippen molar-refractivity contribution in [3.05, 3.63) is 53.0 Å². The smallest absolute Gasteiger partial charge is 0.382 e. The molecule has 0 spiro atoms. The van der Waals surface area contributed by atoms with Crippen molar-refractivity contribution in [1.29, 1.82) is 0 Å². The van der Waals surface area contributed by atoms with E-state index in [2.05, 4.69) is 15.5 Å². The second-order valence-electron chi connectivity index (χ2n) is 6.14. The first-order valence-electron chi connectivity index (χ1n) is 7.90. The molecule has 0 bridgehead atoms. The predicted octanol–water partition coefficient (Wildman–Crippen LogP) is 4.90. The van der Waals surface area contributed by atoms with E-state index in [-0.39, 0.29) is 6.04 Å². The van der Waals surface area contributed by atoms with Gasteiger partial charge in [-0.3, -0.25) is 4.98 Å². The maximum Gasteiger partial charge on any atom is 0.416 e. The number of nitrogens with one attached hydrogen (secondary N) is 1. The molecule has 0 aliphatic rings. The van der Waals surface area contributed by atoms with E-state index >= 15 is 0 Å². The average molecular weight is 349 g/mol. The molecule has 0 fully saturated rings. The lowest BCUT2D eigenvalue weighted by Gasteiger charge is -2.17. The molecule has 0 saturated heterocycles. The summed E-state index contributed by atoms with van der Waals surface area (Å²) in [5.41, 5.74) is 2.24. The minimum Gasteiger partial charge on any atom is -0.382 e. The molecule has 132 valence electrons. The van der Waals surface area contributed by atoms with Gasteiger partial charge >= 0.3 is 6.18 Å². The van der Waals surface area contributed by atoms with Crippen molar-refractivity contribution in [2.24, 2.45) is 0 Å². The summed E-state index contributed by atoms with van der Waals surface area (Å²) < 4.78 is 43.7. The molecule has 0 saturated carbocycles. The molecule has 25 heavy (non-hydrogen) atoms. The quantitative estimate of drug-likeness (QED) is 0.728. The Morgan fingerprint density at radius 1 is 1.20 bits per heavy atom. The van der Waals surface area contributed by atoms with Crippen LogP contribution in [0.2, 0.25) is 0 Å². The highest BCUT2D eigenvalue weighted by atomic mass is 19.4. The number of nitrogens with zero attached hydrogens (tertiary/aromatic N) is 2. The zero-order valence-corrected chi connectivity index (χ0v) is 14.1. The van der Waals surface area contributed by atoms with Crippen molar-refractivity contribution < 1.29 is 17.7 Å². The fourth-order valence-corrected chi connectivity index (χ4v) is 2.87. The van der Waals surface area contributed by atoms with Gasteiger partial charge in [0, 0.05) is 28.9 Å². The summed E-state index contributed by atoms with van der Waals surface area (Å²) in [7, 11) is 0. The van der Waals surface area contributed by atoms with E-state index in [0.29, 0.717) is 17.3 Å². The number of aromatic nitrogens is 2. The Hall–Kier alpha value is -2.57. The zero-order chi connectivity index (χ0) is 18.2. The van der Waals surface area contributed by atoms with Gasteiger partial charge in [0.1, 0.15) is 5.76 Å². The van der Waals surface area contributed by atoms with Gasteiger partial charge in [0.25, 0.3) is 0 Å². The van der Waals surface area contributed by atoms with Crippen LogP contribution in [0.4, 0.5) is 18.9 Å². The van der Waals surface area contributed by atoms with Crippen molar-refractivity contribution in [3.63, 3.8) is 0 Å². The summed E-state index contributed by atoms with van der Waals surface area (Å²) in [5, 5.41) is 7.94. The molecule has 0 aliphatic heterocycles. The predicted molar refractivity (Wildman–Crippen MR) is 89.5 cm³/mol. The summed E-state index contributed by atoms with van der Waals surface area (Å²) >= 11 is 0. The average Bonchev–Trinajstić information content (AvgIpc) is 2.86. The monoisotopic (exact) mass is 349 g/mol. The number of fused-ring (bicyclic) bond motifs is 1. The highest BCUT2D eigenvalue weighted by Crippen LogP contribution is 2.32. The molecule has 2 aromatic heterocycles. The molecule has 1 unspecified atom stereocenters. The first-order valence-corrected chi connectivity index (χ1v) is 7.90. The number of pyridine rings is 1. The number of alkyl halides is 3. The number of halogens is 3. The molecule has 7 heteroatoms. The number of benzene rings is 1. The van der Waals surface area contributed by atoms with E-state index in [1.165, 1.54) is 12.3 Å². The lowest BCUT2D eigenvalue weighted by atomic mass is 10.0. The van der Waals surface area contributed by atoms with Gasteiger partial charge in [-0.1, -0.05) is 11.2 Å². The van der Waals surface area contributed by atoms with Gasteiger partial charge in [0.15, 0.2) is 0 Å². The first-order chi connectivity index (χ1) is 11.8. The number of hydrogen-bond donors (Lipinski definition) is 1. The van der Waals surface area contributed by atoms with Gasteiger partial charge in [0.2, 0.25) is 0 Å². The maximum atomic E-state index is 12.9. The molecular weight excluding hydrogens is 331 g/mol. The Kier molecular flexibility index (Phi) is 4.41. The molecule has 0 radical (unpaired) electrons. The highest BCUT2D eigenvalue weighted by molar-refractivity contribution is 5.91. The lowest BCUT2D eigenvalue weighted by molar-refractivity contribution is -0.137. The summed E-state index contributed by atoms with van der Waals surface area (Å²) in [4.78, 5) is 4.06. The van der Waals surface area contributed by atoms with Crippen molar-refractivity contribution in [3.8, 4) is 0 Å². The lowest BCUT2D eigenvalue weighted by Crippen LogP contribution is -2.19. The van der Waals surface area contributed by atoms with E-state index in [4.69, 9.17) is 4.52 Å². The van der Waals surface area contributed by atoms with Crippen molar-refractivity contribution >= 4 is 16.6 Å². The number of aryl methyl sites for hydroxylation is 2. The van der Waals surface area contributed by atoms with Crippen LogP contribution in [0, 0.1) is 13.8 Å². The third-order valence-corrected chi connectivity index (χ3v) is 4.16. The van der Waals surface area contributed by atoms with Gasteiger partial charge < -0.3 is 9.84 Å². The van der Waals surface area contributed by atoms with Crippen LogP contribution in [0.3, 0.4) is 0 Å². The molecule has 1 N–H and O–H groups in total. The van der Waals surface area contributed by atoms with Gasteiger partial charge in [-0.2, -0.15) is 13.2 Å². The molecule has 3 aromatic rings. The Bertz CT molecular complexity index is 883. The number of rotatable bonds is 4. The van der Waals surface area contributed by atoms with Gasteiger partial charge in [-0.05, 0) is 45.4 Å². The van der Waals surface area contributed by atoms with Gasteiger partial charge in [-0.15, -0.1) is 0 Å². The largest absolute Gasteiger partial charge is 0.416 e. The Morgan fingerprint density at radius 3 is 2.60 bits per heavy atom. The van der Waals surface area contributed by atoms with Crippen LogP contribution < -0.4 is 5.32 Å². The van der Waals surface area contributed by atoms with E-state index < -0.39 is 11.7 Å². The van der Waals surface area contributed by atoms with Crippen LogP contribution in [-0.2, 0) is 12.6 Å². The van der Waals surface area contributed by atoms with Crippen molar-refractivity contribution in [2.45, 2.75) is 39.4 Å². The fraction of sp³-hybridized carbons (Fsp3) is 0.333. The molecule has 3 rings (SSSR count). The molecular formula is C18H18F3N3O. The molecule has 1 atom stereocenters. The normalized spacial score (nSPS) is 13.2. The summed E-state index contributed by atoms with van der Waals surface area (Å²) in [5.74, 6) is 0.778. The molecule has 4 nitrogen and oxygen atoms in total.